The van der Waals surface area contributed by atoms with E-state index in [0.29, 0.717) is 19.3 Å². The van der Waals surface area contributed by atoms with Gasteiger partial charge in [-0.1, -0.05) is 0 Å². The Bertz CT molecular complexity index is 406. The van der Waals surface area contributed by atoms with Crippen LogP contribution in [0.15, 0.2) is 0 Å². The third-order valence-electron chi connectivity index (χ3n) is 2.65. The van der Waals surface area contributed by atoms with Crippen molar-refractivity contribution in [1.82, 2.24) is 10.6 Å². The molecule has 0 aromatic heterocycles. The molecule has 0 bridgehead atoms. The van der Waals surface area contributed by atoms with Crippen LogP contribution in [0, 0.1) is 0 Å². The molecular formula is C10H18N2O5S. The van der Waals surface area contributed by atoms with Gasteiger partial charge in [0.05, 0.1) is 11.5 Å². The van der Waals surface area contributed by atoms with Crippen LogP contribution in [0.4, 0.5) is 4.79 Å². The molecule has 3 N–H and O–H groups in total. The Morgan fingerprint density at radius 2 is 2.06 bits per heavy atom. The van der Waals surface area contributed by atoms with E-state index in [1.165, 1.54) is 0 Å². The van der Waals surface area contributed by atoms with E-state index in [9.17, 15) is 18.0 Å². The molecule has 1 heterocycles. The normalized spacial score (nSPS) is 22.1. The second-order valence-electron chi connectivity index (χ2n) is 4.35. The van der Waals surface area contributed by atoms with Gasteiger partial charge in [0.2, 0.25) is 0 Å². The van der Waals surface area contributed by atoms with Crippen molar-refractivity contribution in [2.45, 2.75) is 31.7 Å². The molecule has 0 saturated carbocycles. The lowest BCUT2D eigenvalue weighted by Gasteiger charge is -2.23. The molecule has 7 nitrogen and oxygen atoms in total. The minimum atomic E-state index is -3.03. The van der Waals surface area contributed by atoms with Crippen LogP contribution in [-0.2, 0) is 14.6 Å². The molecule has 1 aliphatic rings. The second-order valence-corrected chi connectivity index (χ2v) is 6.58. The average molecular weight is 278 g/mol. The van der Waals surface area contributed by atoms with Crippen molar-refractivity contribution in [3.63, 3.8) is 0 Å². The predicted octanol–water partition coefficient (Wildman–Crippen LogP) is -0.272. The standard InChI is InChI=1S/C10H18N2O5S/c13-9(14)4-1-5-11-10(15)12-8-3-2-6-18(16,17)7-8/h8H,1-7H2,(H,13,14)(H2,11,12,15). The van der Waals surface area contributed by atoms with E-state index in [1.54, 1.807) is 0 Å². The maximum absolute atomic E-state index is 11.4. The summed E-state index contributed by atoms with van der Waals surface area (Å²) in [5.41, 5.74) is 0. The van der Waals surface area contributed by atoms with E-state index in [0.717, 1.165) is 0 Å². The van der Waals surface area contributed by atoms with Crippen molar-refractivity contribution in [3.05, 3.63) is 0 Å². The fraction of sp³-hybridized carbons (Fsp3) is 0.800. The zero-order valence-corrected chi connectivity index (χ0v) is 10.8. The Morgan fingerprint density at radius 3 is 2.67 bits per heavy atom. The maximum Gasteiger partial charge on any atom is 0.315 e. The SMILES string of the molecule is O=C(O)CCCNC(=O)NC1CCCS(=O)(=O)C1. The molecule has 0 aromatic carbocycles. The number of rotatable bonds is 5. The first-order valence-corrected chi connectivity index (χ1v) is 7.68. The number of hydrogen-bond acceptors (Lipinski definition) is 4. The highest BCUT2D eigenvalue weighted by Gasteiger charge is 2.25. The maximum atomic E-state index is 11.4. The van der Waals surface area contributed by atoms with E-state index in [-0.39, 0.29) is 30.5 Å². The van der Waals surface area contributed by atoms with Crippen molar-refractivity contribution in [1.29, 1.82) is 0 Å². The van der Waals surface area contributed by atoms with Crippen LogP contribution < -0.4 is 10.6 Å². The summed E-state index contributed by atoms with van der Waals surface area (Å²) in [5, 5.41) is 13.5. The lowest BCUT2D eigenvalue weighted by Crippen LogP contribution is -2.47. The summed E-state index contributed by atoms with van der Waals surface area (Å²) >= 11 is 0. The molecule has 2 amide bonds. The Morgan fingerprint density at radius 1 is 1.33 bits per heavy atom. The number of nitrogens with one attached hydrogen (secondary N) is 2. The highest BCUT2D eigenvalue weighted by molar-refractivity contribution is 7.91. The van der Waals surface area contributed by atoms with Crippen molar-refractivity contribution < 1.29 is 23.1 Å². The summed E-state index contributed by atoms with van der Waals surface area (Å²) in [5.74, 6) is -0.739. The molecule has 1 saturated heterocycles. The molecule has 0 radical (unpaired) electrons. The van der Waals surface area contributed by atoms with Crippen LogP contribution >= 0.6 is 0 Å². The first kappa shape index (κ1) is 14.7. The van der Waals surface area contributed by atoms with Crippen molar-refractivity contribution >= 4 is 21.8 Å². The minimum Gasteiger partial charge on any atom is -0.481 e. The zero-order chi connectivity index (χ0) is 13.6. The van der Waals surface area contributed by atoms with Gasteiger partial charge in [-0.25, -0.2) is 13.2 Å². The second kappa shape index (κ2) is 6.58. The van der Waals surface area contributed by atoms with Crippen molar-refractivity contribution in [3.8, 4) is 0 Å². The van der Waals surface area contributed by atoms with Crippen LogP contribution in [0.5, 0.6) is 0 Å². The molecule has 8 heteroatoms. The molecule has 18 heavy (non-hydrogen) atoms. The van der Waals surface area contributed by atoms with Gasteiger partial charge in [0.25, 0.3) is 0 Å². The van der Waals surface area contributed by atoms with Crippen molar-refractivity contribution in [2.75, 3.05) is 18.1 Å². The van der Waals surface area contributed by atoms with Gasteiger partial charge in [-0.3, -0.25) is 4.79 Å². The molecular weight excluding hydrogens is 260 g/mol. The van der Waals surface area contributed by atoms with Crippen LogP contribution in [0.1, 0.15) is 25.7 Å². The highest BCUT2D eigenvalue weighted by atomic mass is 32.2. The number of carbonyl (C=O) groups is 2. The number of sulfone groups is 1. The molecule has 0 spiro atoms. The van der Waals surface area contributed by atoms with E-state index < -0.39 is 21.8 Å². The van der Waals surface area contributed by atoms with E-state index in [2.05, 4.69) is 10.6 Å². The smallest absolute Gasteiger partial charge is 0.315 e. The molecule has 1 rings (SSSR count). The fourth-order valence-corrected chi connectivity index (χ4v) is 3.45. The molecule has 104 valence electrons. The van der Waals surface area contributed by atoms with Crippen LogP contribution in [0.2, 0.25) is 0 Å². The molecule has 1 fully saturated rings. The van der Waals surface area contributed by atoms with E-state index >= 15 is 0 Å². The third-order valence-corrected chi connectivity index (χ3v) is 4.47. The number of carbonyl (C=O) groups excluding carboxylic acids is 1. The first-order valence-electron chi connectivity index (χ1n) is 5.85. The number of hydrogen-bond donors (Lipinski definition) is 3. The minimum absolute atomic E-state index is 0.00190. The zero-order valence-electron chi connectivity index (χ0n) is 10.0. The summed E-state index contributed by atoms with van der Waals surface area (Å²) in [6, 6.07) is -0.786. The van der Waals surface area contributed by atoms with Gasteiger partial charge in [-0.05, 0) is 19.3 Å². The van der Waals surface area contributed by atoms with Gasteiger partial charge in [-0.2, -0.15) is 0 Å². The highest BCUT2D eigenvalue weighted by Crippen LogP contribution is 2.11. The fourth-order valence-electron chi connectivity index (χ4n) is 1.81. The van der Waals surface area contributed by atoms with Gasteiger partial charge in [-0.15, -0.1) is 0 Å². The average Bonchev–Trinajstić information content (AvgIpc) is 2.22. The topological polar surface area (TPSA) is 113 Å². The van der Waals surface area contributed by atoms with E-state index in [1.807, 2.05) is 0 Å². The summed E-state index contributed by atoms with van der Waals surface area (Å²) in [4.78, 5) is 21.6. The number of carboxylic acid groups (broad SMARTS) is 1. The Labute approximate surface area is 106 Å². The lowest BCUT2D eigenvalue weighted by atomic mass is 10.2. The van der Waals surface area contributed by atoms with Gasteiger partial charge >= 0.3 is 12.0 Å². The lowest BCUT2D eigenvalue weighted by molar-refractivity contribution is -0.137. The van der Waals surface area contributed by atoms with Gasteiger partial charge in [0.15, 0.2) is 9.84 Å². The summed E-state index contributed by atoms with van der Waals surface area (Å²) in [6.45, 7) is 0.262. The molecule has 0 aliphatic carbocycles. The molecule has 0 aromatic rings. The number of amides is 2. The quantitative estimate of drug-likeness (QED) is 0.599. The van der Waals surface area contributed by atoms with Crippen LogP contribution in [0.25, 0.3) is 0 Å². The third kappa shape index (κ3) is 5.85. The number of aliphatic carboxylic acids is 1. The predicted molar refractivity (Wildman–Crippen MR) is 65.1 cm³/mol. The number of urea groups is 1. The summed E-state index contributed by atoms with van der Waals surface area (Å²) < 4.78 is 22.7. The Hall–Kier alpha value is -1.31. The van der Waals surface area contributed by atoms with Gasteiger partial charge < -0.3 is 15.7 Å². The Kier molecular flexibility index (Phi) is 5.39. The van der Waals surface area contributed by atoms with Crippen LogP contribution in [-0.4, -0.2) is 49.6 Å². The summed E-state index contributed by atoms with van der Waals surface area (Å²) in [6.07, 6.45) is 1.57. The molecule has 1 atom stereocenters. The monoisotopic (exact) mass is 278 g/mol. The first-order chi connectivity index (χ1) is 8.39. The largest absolute Gasteiger partial charge is 0.481 e. The molecule has 1 aliphatic heterocycles. The summed E-state index contributed by atoms with van der Waals surface area (Å²) in [7, 11) is -3.03. The Balaban J connectivity index is 2.21. The number of carboxylic acids is 1. The van der Waals surface area contributed by atoms with Gasteiger partial charge in [0, 0.05) is 19.0 Å². The van der Waals surface area contributed by atoms with Crippen LogP contribution in [0.3, 0.4) is 0 Å². The van der Waals surface area contributed by atoms with E-state index in [4.69, 9.17) is 5.11 Å². The molecule has 1 unspecified atom stereocenters. The van der Waals surface area contributed by atoms with Crippen molar-refractivity contribution in [2.24, 2.45) is 0 Å². The van der Waals surface area contributed by atoms with Gasteiger partial charge in [0.1, 0.15) is 0 Å².